The lowest BCUT2D eigenvalue weighted by Crippen LogP contribution is -2.78. The van der Waals surface area contributed by atoms with Gasteiger partial charge in [0, 0.05) is 53.1 Å². The molecule has 0 spiro atoms. The van der Waals surface area contributed by atoms with E-state index < -0.39 is 16.7 Å². The summed E-state index contributed by atoms with van der Waals surface area (Å²) >= 11 is 0. The molecule has 1 aliphatic rings. The van der Waals surface area contributed by atoms with E-state index in [0.717, 1.165) is 67.8 Å². The van der Waals surface area contributed by atoms with Crippen LogP contribution in [0.15, 0.2) is 97.6 Å². The van der Waals surface area contributed by atoms with Crippen molar-refractivity contribution in [1.82, 2.24) is 19.9 Å². The summed E-state index contributed by atoms with van der Waals surface area (Å²) in [6, 6.07) is 28.5. The van der Waals surface area contributed by atoms with E-state index in [9.17, 15) is 0 Å². The summed E-state index contributed by atoms with van der Waals surface area (Å²) in [5, 5.41) is 0. The van der Waals surface area contributed by atoms with E-state index in [1.807, 2.05) is 55.5 Å². The van der Waals surface area contributed by atoms with Crippen LogP contribution in [0.1, 0.15) is 77.4 Å². The molecule has 0 aliphatic heterocycles. The Hall–Kier alpha value is -5.76. The van der Waals surface area contributed by atoms with Crippen molar-refractivity contribution in [3.8, 4) is 56.8 Å². The Morgan fingerprint density at radius 2 is 0.853 bits per heavy atom. The normalized spacial score (nSPS) is 17.8. The molecule has 0 radical (unpaired) electrons. The van der Waals surface area contributed by atoms with Gasteiger partial charge >= 0.3 is 0 Å². The quantitative estimate of drug-likeness (QED) is 0.0131. The average molecular weight is 1030 g/mol. The molecule has 0 saturated heterocycles. The second-order valence-electron chi connectivity index (χ2n) is 21.5. The molecule has 0 bridgehead atoms. The number of H-pyrrole nitrogens is 4. The highest BCUT2D eigenvalue weighted by molar-refractivity contribution is 6.09. The first-order valence-electron chi connectivity index (χ1n) is 25.9. The number of aromatic amines is 4. The number of methoxy groups -OCH3 is 2. The van der Waals surface area contributed by atoms with E-state index in [1.54, 1.807) is 20.3 Å². The van der Waals surface area contributed by atoms with Crippen LogP contribution in [-0.2, 0) is 39.3 Å². The zero-order valence-electron chi connectivity index (χ0n) is 45.6. The molecule has 6 aromatic rings. The highest BCUT2D eigenvalue weighted by Crippen LogP contribution is 2.57. The number of rotatable bonds is 28. The smallest absolute Gasteiger partial charge is 0.119 e. The first kappa shape index (κ1) is 57.0. The van der Waals surface area contributed by atoms with Gasteiger partial charge < -0.3 is 80.8 Å². The fourth-order valence-electron chi connectivity index (χ4n) is 9.55. The molecule has 0 fully saturated rings. The Labute approximate surface area is 443 Å². The lowest BCUT2D eigenvalue weighted by atomic mass is 9.70. The first-order valence-corrected chi connectivity index (χ1v) is 25.9. The van der Waals surface area contributed by atoms with Crippen molar-refractivity contribution < 1.29 is 37.9 Å². The fraction of sp³-hybridized carbons (Fsp3) is 0.458. The molecule has 406 valence electrons. The van der Waals surface area contributed by atoms with Crippen LogP contribution in [0.2, 0.25) is 0 Å². The van der Waals surface area contributed by atoms with Crippen molar-refractivity contribution in [3.63, 3.8) is 0 Å². The fourth-order valence-corrected chi connectivity index (χ4v) is 9.55. The van der Waals surface area contributed by atoms with Gasteiger partial charge in [0.25, 0.3) is 0 Å². The molecule has 2 atom stereocenters. The highest BCUT2D eigenvalue weighted by atomic mass is 16.6. The molecule has 16 nitrogen and oxygen atoms in total. The van der Waals surface area contributed by atoms with E-state index in [4.69, 9.17) is 60.8 Å². The summed E-state index contributed by atoms with van der Waals surface area (Å²) in [4.78, 5) is 15.0. The predicted molar refractivity (Wildman–Crippen MR) is 300 cm³/mol. The van der Waals surface area contributed by atoms with E-state index in [-0.39, 0.29) is 17.3 Å². The summed E-state index contributed by atoms with van der Waals surface area (Å²) < 4.78 is 44.8. The zero-order valence-corrected chi connectivity index (χ0v) is 45.6. The minimum Gasteiger partial charge on any atom is -0.491 e. The Morgan fingerprint density at radius 3 is 1.21 bits per heavy atom. The van der Waals surface area contributed by atoms with Gasteiger partial charge in [0.05, 0.1) is 111 Å². The molecule has 12 N–H and O–H groups in total. The molecular weight excluding hydrogens is 949 g/mol. The van der Waals surface area contributed by atoms with Crippen LogP contribution < -0.4 is 32.4 Å². The van der Waals surface area contributed by atoms with Crippen LogP contribution in [0.5, 0.6) is 11.5 Å². The summed E-state index contributed by atoms with van der Waals surface area (Å²) in [7, 11) is 3.29. The topological polar surface area (TPSA) is 241 Å². The van der Waals surface area contributed by atoms with Gasteiger partial charge in [-0.3, -0.25) is 0 Å². The van der Waals surface area contributed by atoms with Gasteiger partial charge in [0.2, 0.25) is 0 Å². The van der Waals surface area contributed by atoms with E-state index in [0.29, 0.717) is 102 Å². The molecule has 4 aromatic heterocycles. The van der Waals surface area contributed by atoms with Gasteiger partial charge in [-0.2, -0.15) is 0 Å². The van der Waals surface area contributed by atoms with Gasteiger partial charge in [0.1, 0.15) is 30.4 Å². The van der Waals surface area contributed by atoms with Gasteiger partial charge in [-0.25, -0.2) is 0 Å². The van der Waals surface area contributed by atoms with Crippen molar-refractivity contribution in [2.24, 2.45) is 22.9 Å². The molecular formula is C59H82N8O8. The second-order valence-corrected chi connectivity index (χ2v) is 21.5. The molecule has 7 rings (SSSR count). The van der Waals surface area contributed by atoms with Crippen molar-refractivity contribution in [2.45, 2.75) is 82.5 Å². The van der Waals surface area contributed by atoms with E-state index in [1.165, 1.54) is 0 Å². The molecule has 16 heteroatoms. The van der Waals surface area contributed by atoms with Crippen molar-refractivity contribution in [2.75, 3.05) is 93.5 Å². The highest BCUT2D eigenvalue weighted by Gasteiger charge is 2.64. The third-order valence-electron chi connectivity index (χ3n) is 13.9. The Morgan fingerprint density at radius 1 is 0.480 bits per heavy atom. The number of nitrogens with two attached hydrogens (primary N) is 4. The molecule has 2 unspecified atom stereocenters. The molecule has 0 saturated carbocycles. The Kier molecular flexibility index (Phi) is 18.6. The van der Waals surface area contributed by atoms with Crippen molar-refractivity contribution in [1.29, 1.82) is 0 Å². The number of nitrogens with one attached hydrogen (secondary N) is 4. The number of hydrogen-bond donors (Lipinski definition) is 8. The second kappa shape index (κ2) is 24.5. The monoisotopic (exact) mass is 1030 g/mol. The summed E-state index contributed by atoms with van der Waals surface area (Å²) in [5.41, 5.74) is 37.8. The molecule has 2 aromatic carbocycles. The van der Waals surface area contributed by atoms with Crippen LogP contribution in [0, 0.1) is 0 Å². The van der Waals surface area contributed by atoms with Gasteiger partial charge in [-0.1, -0.05) is 47.6 Å². The average Bonchev–Trinajstić information content (AvgIpc) is 4.22. The molecule has 0 amide bonds. The minimum absolute atomic E-state index is 0.123. The summed E-state index contributed by atoms with van der Waals surface area (Å²) in [6.45, 7) is 24.7. The first-order chi connectivity index (χ1) is 35.7. The van der Waals surface area contributed by atoms with Crippen LogP contribution in [0.4, 0.5) is 0 Å². The molecule has 75 heavy (non-hydrogen) atoms. The van der Waals surface area contributed by atoms with E-state index >= 15 is 0 Å². The maximum atomic E-state index is 7.79. The Bertz CT molecular complexity index is 2620. The standard InChI is InChI=1S/C59H82N8O8/c1-11-24-58(61)57(8,60)51(43-37-47(45-20-22-49(64-45)55(2,3)4)66-53(43)39-12-16-41(17-13-39)74-35-33-72-31-29-70-27-25-68-9)52(59(58,62)63)44-38-48(46-21-23-50(65-46)56(5,6)7)67-54(44)40-14-18-42(19-15-40)75-36-34-73-32-30-71-28-26-69-10/h11-23,37-38,64-67H,1,24-36,60-63H2,2-10H3. The third kappa shape index (κ3) is 12.9. The molecule has 4 heterocycles. The van der Waals surface area contributed by atoms with Crippen LogP contribution in [0.25, 0.3) is 56.4 Å². The largest absolute Gasteiger partial charge is 0.491 e. The van der Waals surface area contributed by atoms with Gasteiger partial charge in [-0.05, 0) is 115 Å². The van der Waals surface area contributed by atoms with Crippen LogP contribution in [-0.4, -0.2) is 130 Å². The van der Waals surface area contributed by atoms with Gasteiger partial charge in [-0.15, -0.1) is 6.58 Å². The maximum Gasteiger partial charge on any atom is 0.119 e. The van der Waals surface area contributed by atoms with E-state index in [2.05, 4.69) is 104 Å². The van der Waals surface area contributed by atoms with Crippen molar-refractivity contribution in [3.05, 3.63) is 120 Å². The summed E-state index contributed by atoms with van der Waals surface area (Å²) in [5.74, 6) is 1.38. The number of benzene rings is 2. The third-order valence-corrected chi connectivity index (χ3v) is 13.9. The SMILES string of the molecule is C=CCC1(N)C(C)(N)C(c2cc(-c3ccc(C(C)(C)C)[nH]3)[nH]c2-c2ccc(OCCOCCOCCOC)cc2)=C(c2cc(-c3ccc(C(C)(C)C)[nH]3)[nH]c2-c2ccc(OCCOCCOCCOC)cc2)C1(N)N. The maximum absolute atomic E-state index is 7.79. The lowest BCUT2D eigenvalue weighted by Gasteiger charge is -2.47. The molecule has 1 aliphatic carbocycles. The predicted octanol–water partition coefficient (Wildman–Crippen LogP) is 8.91. The summed E-state index contributed by atoms with van der Waals surface area (Å²) in [6.07, 6.45) is 1.96. The number of ether oxygens (including phenoxy) is 8. The van der Waals surface area contributed by atoms with Gasteiger partial charge in [0.15, 0.2) is 0 Å². The lowest BCUT2D eigenvalue weighted by molar-refractivity contribution is 0.0180. The van der Waals surface area contributed by atoms with Crippen LogP contribution >= 0.6 is 0 Å². The number of aromatic nitrogens is 4. The Balaban J connectivity index is 1.34. The number of hydrogen-bond acceptors (Lipinski definition) is 12. The minimum atomic E-state index is -1.71. The zero-order chi connectivity index (χ0) is 54.0. The van der Waals surface area contributed by atoms with Crippen LogP contribution in [0.3, 0.4) is 0 Å². The van der Waals surface area contributed by atoms with Crippen molar-refractivity contribution >= 4 is 11.1 Å².